The number of pyridine rings is 1. The molecule has 9 nitrogen and oxygen atoms in total. The molecule has 0 atom stereocenters. The van der Waals surface area contributed by atoms with E-state index in [4.69, 9.17) is 9.47 Å². The van der Waals surface area contributed by atoms with E-state index in [9.17, 15) is 9.59 Å². The van der Waals surface area contributed by atoms with Crippen LogP contribution in [0.25, 0.3) is 0 Å². The van der Waals surface area contributed by atoms with Gasteiger partial charge in [-0.15, -0.1) is 0 Å². The van der Waals surface area contributed by atoms with E-state index in [1.165, 1.54) is 10.6 Å². The molecular formula is C29H33N5O4. The molecule has 0 saturated carbocycles. The highest BCUT2D eigenvalue weighted by Gasteiger charge is 2.13. The lowest BCUT2D eigenvalue weighted by Gasteiger charge is -2.17. The summed E-state index contributed by atoms with van der Waals surface area (Å²) < 4.78 is 13.3. The number of nitrogens with zero attached hydrogens (tertiary/aromatic N) is 3. The maximum Gasteiger partial charge on any atom is 0.333 e. The molecule has 0 bridgehead atoms. The zero-order valence-corrected chi connectivity index (χ0v) is 21.9. The van der Waals surface area contributed by atoms with Gasteiger partial charge in [0.1, 0.15) is 23.1 Å². The Kier molecular flexibility index (Phi) is 8.81. The molecule has 4 aromatic rings. The summed E-state index contributed by atoms with van der Waals surface area (Å²) in [6, 6.07) is 22.0. The summed E-state index contributed by atoms with van der Waals surface area (Å²) in [6.45, 7) is 3.71. The standard InChI is InChI=1S/C29H33N5O4/c1-4-16-30-26-7-5-6-23(32-26)18-31-27-17-28(35)34(20-22-10-14-25(38-3)15-11-22)29(36)33(27)19-21-8-12-24(37-2)13-9-21/h5-15,17,31H,4,16,18-20H2,1-3H3,(H,30,32). The van der Waals surface area contributed by atoms with Crippen molar-refractivity contribution in [3.63, 3.8) is 0 Å². The predicted octanol–water partition coefficient (Wildman–Crippen LogP) is 3.95. The molecular weight excluding hydrogens is 482 g/mol. The summed E-state index contributed by atoms with van der Waals surface area (Å²) >= 11 is 0. The molecule has 0 fully saturated rings. The predicted molar refractivity (Wildman–Crippen MR) is 149 cm³/mol. The smallest absolute Gasteiger partial charge is 0.333 e. The first-order valence-electron chi connectivity index (χ1n) is 12.5. The van der Waals surface area contributed by atoms with Gasteiger partial charge in [0.2, 0.25) is 0 Å². The van der Waals surface area contributed by atoms with Gasteiger partial charge in [0, 0.05) is 12.6 Å². The first kappa shape index (κ1) is 26.5. The minimum absolute atomic E-state index is 0.150. The molecule has 2 heterocycles. The van der Waals surface area contributed by atoms with Gasteiger partial charge >= 0.3 is 5.69 Å². The van der Waals surface area contributed by atoms with E-state index in [-0.39, 0.29) is 18.6 Å². The first-order chi connectivity index (χ1) is 18.5. The second kappa shape index (κ2) is 12.6. The van der Waals surface area contributed by atoms with Crippen molar-refractivity contribution in [1.82, 2.24) is 14.1 Å². The molecule has 0 aliphatic rings. The Balaban J connectivity index is 1.66. The molecule has 2 aromatic heterocycles. The number of aromatic nitrogens is 3. The monoisotopic (exact) mass is 515 g/mol. The Morgan fingerprint density at radius 3 is 1.97 bits per heavy atom. The van der Waals surface area contributed by atoms with Gasteiger partial charge < -0.3 is 20.1 Å². The van der Waals surface area contributed by atoms with Gasteiger partial charge in [0.15, 0.2) is 0 Å². The highest BCUT2D eigenvalue weighted by Crippen LogP contribution is 2.15. The van der Waals surface area contributed by atoms with E-state index in [1.54, 1.807) is 18.8 Å². The summed E-state index contributed by atoms with van der Waals surface area (Å²) in [6.07, 6.45) is 0.995. The number of anilines is 2. The van der Waals surface area contributed by atoms with E-state index in [0.29, 0.717) is 18.1 Å². The van der Waals surface area contributed by atoms with Crippen LogP contribution in [0.3, 0.4) is 0 Å². The fourth-order valence-corrected chi connectivity index (χ4v) is 4.00. The zero-order valence-electron chi connectivity index (χ0n) is 21.9. The largest absolute Gasteiger partial charge is 0.497 e. The van der Waals surface area contributed by atoms with Gasteiger partial charge in [-0.1, -0.05) is 37.3 Å². The molecule has 9 heteroatoms. The van der Waals surface area contributed by atoms with Crippen molar-refractivity contribution in [1.29, 1.82) is 0 Å². The number of hydrogen-bond acceptors (Lipinski definition) is 7. The van der Waals surface area contributed by atoms with Gasteiger partial charge in [-0.3, -0.25) is 13.9 Å². The van der Waals surface area contributed by atoms with Crippen LogP contribution in [-0.4, -0.2) is 34.9 Å². The van der Waals surface area contributed by atoms with Crippen molar-refractivity contribution in [2.75, 3.05) is 31.4 Å². The Morgan fingerprint density at radius 1 is 0.789 bits per heavy atom. The topological polar surface area (TPSA) is 99.4 Å². The van der Waals surface area contributed by atoms with Crippen LogP contribution in [0.5, 0.6) is 11.5 Å². The molecule has 0 radical (unpaired) electrons. The van der Waals surface area contributed by atoms with Crippen LogP contribution < -0.4 is 31.4 Å². The fourth-order valence-electron chi connectivity index (χ4n) is 4.00. The summed E-state index contributed by atoms with van der Waals surface area (Å²) in [5.41, 5.74) is 1.72. The van der Waals surface area contributed by atoms with Gasteiger partial charge in [-0.05, 0) is 53.9 Å². The van der Waals surface area contributed by atoms with E-state index in [2.05, 4.69) is 22.5 Å². The quantitative estimate of drug-likeness (QED) is 0.295. The average Bonchev–Trinajstić information content (AvgIpc) is 2.95. The van der Waals surface area contributed by atoms with E-state index < -0.39 is 5.69 Å². The van der Waals surface area contributed by atoms with Gasteiger partial charge in [-0.25, -0.2) is 9.78 Å². The SMILES string of the molecule is CCCNc1cccc(CNc2cc(=O)n(Cc3ccc(OC)cc3)c(=O)n2Cc2ccc(OC)cc2)n1. The molecule has 0 saturated heterocycles. The van der Waals surface area contributed by atoms with Crippen LogP contribution in [0.15, 0.2) is 82.4 Å². The maximum atomic E-state index is 13.7. The summed E-state index contributed by atoms with van der Waals surface area (Å²) in [5, 5.41) is 6.54. The van der Waals surface area contributed by atoms with Crippen molar-refractivity contribution in [3.8, 4) is 11.5 Å². The minimum Gasteiger partial charge on any atom is -0.497 e. The van der Waals surface area contributed by atoms with Crippen LogP contribution in [0, 0.1) is 0 Å². The first-order valence-corrected chi connectivity index (χ1v) is 12.5. The molecule has 2 aromatic carbocycles. The van der Waals surface area contributed by atoms with Gasteiger partial charge in [0.25, 0.3) is 5.56 Å². The number of ether oxygens (including phenoxy) is 2. The third-order valence-electron chi connectivity index (χ3n) is 6.09. The van der Waals surface area contributed by atoms with Crippen molar-refractivity contribution < 1.29 is 9.47 Å². The summed E-state index contributed by atoms with van der Waals surface area (Å²) in [4.78, 5) is 31.4. The molecule has 0 amide bonds. The highest BCUT2D eigenvalue weighted by molar-refractivity contribution is 5.39. The number of rotatable bonds is 12. The van der Waals surface area contributed by atoms with E-state index >= 15 is 0 Å². The van der Waals surface area contributed by atoms with Crippen LogP contribution in [0.4, 0.5) is 11.6 Å². The lowest BCUT2D eigenvalue weighted by atomic mass is 10.2. The lowest BCUT2D eigenvalue weighted by molar-refractivity contribution is 0.414. The molecule has 2 N–H and O–H groups in total. The Morgan fingerprint density at radius 2 is 1.39 bits per heavy atom. The summed E-state index contributed by atoms with van der Waals surface area (Å²) in [5.74, 6) is 2.65. The molecule has 38 heavy (non-hydrogen) atoms. The second-order valence-corrected chi connectivity index (χ2v) is 8.81. The fraction of sp³-hybridized carbons (Fsp3) is 0.276. The molecule has 0 aliphatic carbocycles. The Bertz CT molecular complexity index is 1460. The normalized spacial score (nSPS) is 10.7. The Hall–Kier alpha value is -4.53. The maximum absolute atomic E-state index is 13.7. The average molecular weight is 516 g/mol. The van der Waals surface area contributed by atoms with Crippen LogP contribution in [-0.2, 0) is 19.6 Å². The van der Waals surface area contributed by atoms with E-state index in [0.717, 1.165) is 41.4 Å². The van der Waals surface area contributed by atoms with Crippen LogP contribution in [0.1, 0.15) is 30.2 Å². The van der Waals surface area contributed by atoms with Crippen LogP contribution >= 0.6 is 0 Å². The number of hydrogen-bond donors (Lipinski definition) is 2. The van der Waals surface area contributed by atoms with Crippen molar-refractivity contribution in [2.24, 2.45) is 0 Å². The van der Waals surface area contributed by atoms with Gasteiger partial charge in [-0.2, -0.15) is 0 Å². The molecule has 4 rings (SSSR count). The molecule has 0 unspecified atom stereocenters. The number of methoxy groups -OCH3 is 2. The number of benzene rings is 2. The molecule has 198 valence electrons. The third-order valence-corrected chi connectivity index (χ3v) is 6.09. The molecule has 0 aliphatic heterocycles. The van der Waals surface area contributed by atoms with E-state index in [1.807, 2.05) is 66.7 Å². The van der Waals surface area contributed by atoms with Crippen LogP contribution in [0.2, 0.25) is 0 Å². The van der Waals surface area contributed by atoms with Gasteiger partial charge in [0.05, 0.1) is 39.5 Å². The highest BCUT2D eigenvalue weighted by atomic mass is 16.5. The molecule has 0 spiro atoms. The second-order valence-electron chi connectivity index (χ2n) is 8.81. The van der Waals surface area contributed by atoms with Crippen molar-refractivity contribution in [2.45, 2.75) is 33.0 Å². The third kappa shape index (κ3) is 6.61. The van der Waals surface area contributed by atoms with Crippen molar-refractivity contribution in [3.05, 3.63) is 110 Å². The zero-order chi connectivity index (χ0) is 26.9. The lowest BCUT2D eigenvalue weighted by Crippen LogP contribution is -2.41. The minimum atomic E-state index is -0.405. The number of nitrogens with one attached hydrogen (secondary N) is 2. The summed E-state index contributed by atoms with van der Waals surface area (Å²) in [7, 11) is 3.20. The van der Waals surface area contributed by atoms with Crippen molar-refractivity contribution >= 4 is 11.6 Å². The Labute approximate surface area is 221 Å².